The second-order valence-electron chi connectivity index (χ2n) is 4.88. The van der Waals surface area contributed by atoms with E-state index in [9.17, 15) is 8.78 Å². The Kier molecular flexibility index (Phi) is 2.74. The highest BCUT2D eigenvalue weighted by Gasteiger charge is 2.35. The summed E-state index contributed by atoms with van der Waals surface area (Å²) in [7, 11) is 0. The Labute approximate surface area is 99.6 Å². The molecule has 1 aromatic rings. The first kappa shape index (κ1) is 11.0. The van der Waals surface area contributed by atoms with Crippen molar-refractivity contribution in [2.24, 2.45) is 0 Å². The SMILES string of the molecule is Fc1cc(F)cc(N2CCN[C@@H]3CCC[C@@H]32)c1. The molecule has 1 heterocycles. The van der Waals surface area contributed by atoms with E-state index in [0.717, 1.165) is 25.6 Å². The van der Waals surface area contributed by atoms with Crippen LogP contribution in [-0.2, 0) is 0 Å². The average Bonchev–Trinajstić information content (AvgIpc) is 2.75. The largest absolute Gasteiger partial charge is 0.366 e. The van der Waals surface area contributed by atoms with Crippen LogP contribution in [0.2, 0.25) is 0 Å². The number of halogens is 2. The monoisotopic (exact) mass is 238 g/mol. The molecule has 1 saturated heterocycles. The molecule has 17 heavy (non-hydrogen) atoms. The Morgan fingerprint density at radius 2 is 1.88 bits per heavy atom. The summed E-state index contributed by atoms with van der Waals surface area (Å²) in [6.07, 6.45) is 3.46. The first-order valence-corrected chi connectivity index (χ1v) is 6.20. The summed E-state index contributed by atoms with van der Waals surface area (Å²) in [6.45, 7) is 1.71. The van der Waals surface area contributed by atoms with E-state index in [1.807, 2.05) is 0 Å². The van der Waals surface area contributed by atoms with Crippen molar-refractivity contribution in [3.8, 4) is 0 Å². The molecule has 3 rings (SSSR count). The van der Waals surface area contributed by atoms with Gasteiger partial charge in [0.1, 0.15) is 11.6 Å². The van der Waals surface area contributed by atoms with E-state index < -0.39 is 11.6 Å². The first-order chi connectivity index (χ1) is 8.24. The van der Waals surface area contributed by atoms with Crippen molar-refractivity contribution in [1.82, 2.24) is 5.32 Å². The second-order valence-corrected chi connectivity index (χ2v) is 4.88. The van der Waals surface area contributed by atoms with Gasteiger partial charge in [-0.25, -0.2) is 8.78 Å². The van der Waals surface area contributed by atoms with Crippen LogP contribution in [0.3, 0.4) is 0 Å². The highest BCUT2D eigenvalue weighted by atomic mass is 19.1. The molecule has 1 aliphatic heterocycles. The van der Waals surface area contributed by atoms with Gasteiger partial charge in [0.15, 0.2) is 0 Å². The van der Waals surface area contributed by atoms with Crippen molar-refractivity contribution in [2.75, 3.05) is 18.0 Å². The van der Waals surface area contributed by atoms with Crippen LogP contribution in [0, 0.1) is 11.6 Å². The number of piperazine rings is 1. The Morgan fingerprint density at radius 3 is 2.65 bits per heavy atom. The van der Waals surface area contributed by atoms with Gasteiger partial charge < -0.3 is 10.2 Å². The number of hydrogen-bond acceptors (Lipinski definition) is 2. The van der Waals surface area contributed by atoms with Crippen molar-refractivity contribution < 1.29 is 8.78 Å². The van der Waals surface area contributed by atoms with Crippen LogP contribution in [-0.4, -0.2) is 25.2 Å². The van der Waals surface area contributed by atoms with Crippen molar-refractivity contribution in [3.05, 3.63) is 29.8 Å². The van der Waals surface area contributed by atoms with Gasteiger partial charge in [0.25, 0.3) is 0 Å². The summed E-state index contributed by atoms with van der Waals surface area (Å²) >= 11 is 0. The van der Waals surface area contributed by atoms with Gasteiger partial charge in [-0.1, -0.05) is 0 Å². The van der Waals surface area contributed by atoms with Gasteiger partial charge in [0.2, 0.25) is 0 Å². The van der Waals surface area contributed by atoms with E-state index in [4.69, 9.17) is 0 Å². The number of nitrogens with one attached hydrogen (secondary N) is 1. The van der Waals surface area contributed by atoms with Gasteiger partial charge in [-0.05, 0) is 31.4 Å². The maximum atomic E-state index is 13.2. The lowest BCUT2D eigenvalue weighted by Gasteiger charge is -2.40. The van der Waals surface area contributed by atoms with E-state index in [-0.39, 0.29) is 0 Å². The fourth-order valence-electron chi connectivity index (χ4n) is 3.11. The number of nitrogens with zero attached hydrogens (tertiary/aromatic N) is 1. The van der Waals surface area contributed by atoms with Crippen LogP contribution >= 0.6 is 0 Å². The van der Waals surface area contributed by atoms with Crippen molar-refractivity contribution in [2.45, 2.75) is 31.3 Å². The first-order valence-electron chi connectivity index (χ1n) is 6.20. The lowest BCUT2D eigenvalue weighted by molar-refractivity contribution is 0.403. The number of hydrogen-bond donors (Lipinski definition) is 1. The molecule has 2 aliphatic rings. The lowest BCUT2D eigenvalue weighted by atomic mass is 10.1. The lowest BCUT2D eigenvalue weighted by Crippen LogP contribution is -2.55. The number of anilines is 1. The highest BCUT2D eigenvalue weighted by Crippen LogP contribution is 2.31. The van der Waals surface area contributed by atoms with Crippen LogP contribution in [0.5, 0.6) is 0 Å². The zero-order chi connectivity index (χ0) is 11.8. The van der Waals surface area contributed by atoms with Crippen molar-refractivity contribution >= 4 is 5.69 Å². The van der Waals surface area contributed by atoms with Crippen LogP contribution in [0.1, 0.15) is 19.3 Å². The molecule has 2 fully saturated rings. The Hall–Kier alpha value is -1.16. The van der Waals surface area contributed by atoms with E-state index in [1.165, 1.54) is 25.0 Å². The molecule has 1 aromatic carbocycles. The van der Waals surface area contributed by atoms with Crippen LogP contribution in [0.15, 0.2) is 18.2 Å². The number of fused-ring (bicyclic) bond motifs is 1. The van der Waals surface area contributed by atoms with Gasteiger partial charge in [-0.15, -0.1) is 0 Å². The van der Waals surface area contributed by atoms with Crippen molar-refractivity contribution in [3.63, 3.8) is 0 Å². The summed E-state index contributed by atoms with van der Waals surface area (Å²) in [4.78, 5) is 2.15. The number of benzene rings is 1. The summed E-state index contributed by atoms with van der Waals surface area (Å²) in [5.74, 6) is -0.985. The van der Waals surface area contributed by atoms with Crippen LogP contribution in [0.4, 0.5) is 14.5 Å². The Morgan fingerprint density at radius 1 is 1.12 bits per heavy atom. The zero-order valence-electron chi connectivity index (χ0n) is 9.63. The van der Waals surface area contributed by atoms with Gasteiger partial charge in [-0.3, -0.25) is 0 Å². The molecule has 0 bridgehead atoms. The molecule has 1 saturated carbocycles. The third-order valence-electron chi connectivity index (χ3n) is 3.82. The van der Waals surface area contributed by atoms with E-state index in [2.05, 4.69) is 10.2 Å². The topological polar surface area (TPSA) is 15.3 Å². The maximum Gasteiger partial charge on any atom is 0.128 e. The highest BCUT2D eigenvalue weighted by molar-refractivity contribution is 5.49. The minimum Gasteiger partial charge on any atom is -0.366 e. The minimum atomic E-state index is -0.493. The van der Waals surface area contributed by atoms with E-state index in [0.29, 0.717) is 17.8 Å². The van der Waals surface area contributed by atoms with Crippen molar-refractivity contribution in [1.29, 1.82) is 0 Å². The quantitative estimate of drug-likeness (QED) is 0.807. The predicted octanol–water partition coefficient (Wildman–Crippen LogP) is 2.30. The normalized spacial score (nSPS) is 28.2. The second kappa shape index (κ2) is 4.26. The fraction of sp³-hybridized carbons (Fsp3) is 0.538. The summed E-state index contributed by atoms with van der Waals surface area (Å²) < 4.78 is 26.5. The van der Waals surface area contributed by atoms with E-state index in [1.54, 1.807) is 0 Å². The average molecular weight is 238 g/mol. The molecule has 92 valence electrons. The molecule has 0 unspecified atom stereocenters. The molecule has 4 heteroatoms. The van der Waals surface area contributed by atoms with Gasteiger partial charge in [0.05, 0.1) is 0 Å². The van der Waals surface area contributed by atoms with Crippen LogP contribution < -0.4 is 10.2 Å². The minimum absolute atomic E-state index is 0.393. The third-order valence-corrected chi connectivity index (χ3v) is 3.82. The summed E-state index contributed by atoms with van der Waals surface area (Å²) in [6, 6.07) is 4.67. The molecule has 2 atom stereocenters. The Bertz CT molecular complexity index is 402. The maximum absolute atomic E-state index is 13.2. The van der Waals surface area contributed by atoms with E-state index >= 15 is 0 Å². The van der Waals surface area contributed by atoms with Gasteiger partial charge in [-0.2, -0.15) is 0 Å². The summed E-state index contributed by atoms with van der Waals surface area (Å²) in [5.41, 5.74) is 0.681. The van der Waals surface area contributed by atoms with Gasteiger partial charge in [0, 0.05) is 36.9 Å². The molecular weight excluding hydrogens is 222 g/mol. The predicted molar refractivity (Wildman–Crippen MR) is 63.1 cm³/mol. The molecule has 1 N–H and O–H groups in total. The Balaban J connectivity index is 1.91. The number of rotatable bonds is 1. The molecule has 0 aromatic heterocycles. The molecular formula is C13H16F2N2. The standard InChI is InChI=1S/C13H16F2N2/c14-9-6-10(15)8-11(7-9)17-5-4-16-12-2-1-3-13(12)17/h6-8,12-13,16H,1-5H2/t12-,13+/m1/s1. The fourth-order valence-corrected chi connectivity index (χ4v) is 3.11. The van der Waals surface area contributed by atoms with Gasteiger partial charge >= 0.3 is 0 Å². The molecule has 1 aliphatic carbocycles. The third kappa shape index (κ3) is 2.02. The summed E-state index contributed by atoms with van der Waals surface area (Å²) in [5, 5.41) is 3.48. The molecule has 0 spiro atoms. The van der Waals surface area contributed by atoms with Crippen LogP contribution in [0.25, 0.3) is 0 Å². The molecule has 2 nitrogen and oxygen atoms in total. The smallest absolute Gasteiger partial charge is 0.128 e. The molecule has 0 amide bonds. The zero-order valence-corrected chi connectivity index (χ0v) is 9.63. The molecule has 0 radical (unpaired) electrons.